The van der Waals surface area contributed by atoms with E-state index in [1.165, 1.54) is 0 Å². The number of carboxylic acids is 1. The van der Waals surface area contributed by atoms with Gasteiger partial charge in [-0.1, -0.05) is 18.2 Å². The summed E-state index contributed by atoms with van der Waals surface area (Å²) >= 11 is 0. The fourth-order valence-corrected chi connectivity index (χ4v) is 2.54. The number of carbonyl (C=O) groups is 3. The lowest BCUT2D eigenvalue weighted by molar-refractivity contribution is -0.142. The fraction of sp³-hybridized carbons (Fsp3) is 0.389. The first-order valence-corrected chi connectivity index (χ1v) is 8.18. The van der Waals surface area contributed by atoms with E-state index in [-0.39, 0.29) is 18.9 Å². The Kier molecular flexibility index (Phi) is 6.56. The number of allylic oxidation sites excluding steroid dienone is 1. The molecule has 0 aromatic heterocycles. The Morgan fingerprint density at radius 2 is 2.24 bits per heavy atom. The average Bonchev–Trinajstić information content (AvgIpc) is 3.03. The molecule has 1 fully saturated rings. The van der Waals surface area contributed by atoms with Crippen LogP contribution in [0, 0.1) is 0 Å². The maximum absolute atomic E-state index is 11.9. The summed E-state index contributed by atoms with van der Waals surface area (Å²) in [5, 5.41) is 11.5. The third kappa shape index (κ3) is 5.34. The molecule has 134 valence electrons. The van der Waals surface area contributed by atoms with Crippen molar-refractivity contribution < 1.29 is 24.2 Å². The molecule has 1 unspecified atom stereocenters. The van der Waals surface area contributed by atoms with Crippen LogP contribution in [0.4, 0.5) is 5.69 Å². The Morgan fingerprint density at radius 1 is 1.44 bits per heavy atom. The first-order valence-electron chi connectivity index (χ1n) is 8.18. The van der Waals surface area contributed by atoms with E-state index in [0.717, 1.165) is 12.1 Å². The lowest BCUT2D eigenvalue weighted by Crippen LogP contribution is -2.42. The molecule has 25 heavy (non-hydrogen) atoms. The topological polar surface area (TPSA) is 95.9 Å². The zero-order valence-corrected chi connectivity index (χ0v) is 14.1. The molecule has 1 heterocycles. The molecule has 1 aromatic carbocycles. The van der Waals surface area contributed by atoms with Crippen LogP contribution < -0.4 is 15.0 Å². The molecule has 0 spiro atoms. The molecule has 7 nitrogen and oxygen atoms in total. The van der Waals surface area contributed by atoms with Crippen molar-refractivity contribution in [3.8, 4) is 5.75 Å². The van der Waals surface area contributed by atoms with Crippen molar-refractivity contribution in [2.45, 2.75) is 32.2 Å². The number of hydrogen-bond acceptors (Lipinski definition) is 4. The van der Waals surface area contributed by atoms with Crippen molar-refractivity contribution in [2.24, 2.45) is 0 Å². The van der Waals surface area contributed by atoms with Crippen LogP contribution in [0.1, 0.15) is 26.2 Å². The number of carboxylic acid groups (broad SMARTS) is 1. The third-order valence-electron chi connectivity index (χ3n) is 3.81. The summed E-state index contributed by atoms with van der Waals surface area (Å²) in [6.45, 7) is 2.16. The van der Waals surface area contributed by atoms with Gasteiger partial charge in [0.15, 0.2) is 6.61 Å². The molecular weight excluding hydrogens is 324 g/mol. The Balaban J connectivity index is 1.91. The van der Waals surface area contributed by atoms with Gasteiger partial charge >= 0.3 is 5.97 Å². The molecule has 2 N–H and O–H groups in total. The number of ether oxygens (including phenoxy) is 1. The van der Waals surface area contributed by atoms with Crippen LogP contribution in [0.2, 0.25) is 0 Å². The van der Waals surface area contributed by atoms with Gasteiger partial charge in [0.05, 0.1) is 0 Å². The Bertz CT molecular complexity index is 671. The predicted octanol–water partition coefficient (Wildman–Crippen LogP) is 1.73. The van der Waals surface area contributed by atoms with E-state index in [0.29, 0.717) is 18.7 Å². The molecule has 1 aromatic rings. The smallest absolute Gasteiger partial charge is 0.326 e. The zero-order valence-electron chi connectivity index (χ0n) is 14.1. The van der Waals surface area contributed by atoms with Crippen LogP contribution in [0.15, 0.2) is 36.4 Å². The number of aliphatic carboxylic acids is 1. The van der Waals surface area contributed by atoms with Crippen LogP contribution in [-0.2, 0) is 14.4 Å². The van der Waals surface area contributed by atoms with Gasteiger partial charge in [-0.15, -0.1) is 0 Å². The van der Waals surface area contributed by atoms with Gasteiger partial charge in [-0.05, 0) is 31.9 Å². The SMILES string of the molecule is C/C=C/CC(NC(=O)COc1cccc(N2CCCC2=O)c1)C(=O)O. The first-order chi connectivity index (χ1) is 12.0. The van der Waals surface area contributed by atoms with Crippen molar-refractivity contribution in [2.75, 3.05) is 18.1 Å². The van der Waals surface area contributed by atoms with Crippen molar-refractivity contribution >= 4 is 23.5 Å². The summed E-state index contributed by atoms with van der Waals surface area (Å²) in [6, 6.07) is 5.96. The Hall–Kier alpha value is -2.83. The molecule has 7 heteroatoms. The molecule has 0 saturated carbocycles. The lowest BCUT2D eigenvalue weighted by Gasteiger charge is -2.17. The molecule has 0 radical (unpaired) electrons. The van der Waals surface area contributed by atoms with E-state index >= 15 is 0 Å². The minimum absolute atomic E-state index is 0.0724. The monoisotopic (exact) mass is 346 g/mol. The van der Waals surface area contributed by atoms with Crippen LogP contribution in [0.5, 0.6) is 5.75 Å². The summed E-state index contributed by atoms with van der Waals surface area (Å²) in [5.41, 5.74) is 0.733. The Morgan fingerprint density at radius 3 is 2.88 bits per heavy atom. The molecular formula is C18H22N2O5. The summed E-state index contributed by atoms with van der Waals surface area (Å²) in [5.74, 6) is -1.09. The standard InChI is InChI=1S/C18H22N2O5/c1-2-3-8-15(18(23)24)19-16(21)12-25-14-7-4-6-13(11-14)20-10-5-9-17(20)22/h2-4,6-7,11,15H,5,8-10,12H2,1H3,(H,19,21)(H,23,24)/b3-2+. The molecule has 1 aliphatic rings. The second-order valence-corrected chi connectivity index (χ2v) is 5.70. The highest BCUT2D eigenvalue weighted by molar-refractivity contribution is 5.95. The number of anilines is 1. The van der Waals surface area contributed by atoms with E-state index in [4.69, 9.17) is 9.84 Å². The van der Waals surface area contributed by atoms with E-state index in [2.05, 4.69) is 5.32 Å². The largest absolute Gasteiger partial charge is 0.484 e. The highest BCUT2D eigenvalue weighted by atomic mass is 16.5. The van der Waals surface area contributed by atoms with Gasteiger partial charge in [0, 0.05) is 24.7 Å². The molecule has 0 bridgehead atoms. The van der Waals surface area contributed by atoms with Gasteiger partial charge in [0.2, 0.25) is 5.91 Å². The van der Waals surface area contributed by atoms with Gasteiger partial charge in [-0.2, -0.15) is 0 Å². The minimum Gasteiger partial charge on any atom is -0.484 e. The van der Waals surface area contributed by atoms with Gasteiger partial charge in [-0.25, -0.2) is 4.79 Å². The van der Waals surface area contributed by atoms with Gasteiger partial charge < -0.3 is 20.1 Å². The maximum Gasteiger partial charge on any atom is 0.326 e. The highest BCUT2D eigenvalue weighted by Crippen LogP contribution is 2.25. The van der Waals surface area contributed by atoms with Crippen LogP contribution in [-0.4, -0.2) is 42.1 Å². The summed E-state index contributed by atoms with van der Waals surface area (Å²) in [7, 11) is 0. The van der Waals surface area contributed by atoms with Gasteiger partial charge in [0.25, 0.3) is 5.91 Å². The number of rotatable bonds is 8. The van der Waals surface area contributed by atoms with Crippen molar-refractivity contribution in [1.82, 2.24) is 5.32 Å². The third-order valence-corrected chi connectivity index (χ3v) is 3.81. The summed E-state index contributed by atoms with van der Waals surface area (Å²) < 4.78 is 5.43. The van der Waals surface area contributed by atoms with Gasteiger partial charge in [-0.3, -0.25) is 9.59 Å². The molecule has 1 aliphatic heterocycles. The number of carbonyl (C=O) groups excluding carboxylic acids is 2. The molecule has 1 saturated heterocycles. The van der Waals surface area contributed by atoms with E-state index in [1.807, 2.05) is 6.07 Å². The van der Waals surface area contributed by atoms with Crippen LogP contribution >= 0.6 is 0 Å². The van der Waals surface area contributed by atoms with E-state index in [9.17, 15) is 14.4 Å². The molecule has 0 aliphatic carbocycles. The first kappa shape index (κ1) is 18.5. The average molecular weight is 346 g/mol. The maximum atomic E-state index is 11.9. The quantitative estimate of drug-likeness (QED) is 0.699. The second kappa shape index (κ2) is 8.86. The predicted molar refractivity (Wildman–Crippen MR) is 92.5 cm³/mol. The minimum atomic E-state index is -1.10. The number of nitrogens with one attached hydrogen (secondary N) is 1. The Labute approximate surface area is 146 Å². The van der Waals surface area contributed by atoms with Crippen molar-refractivity contribution in [3.05, 3.63) is 36.4 Å². The van der Waals surface area contributed by atoms with Crippen molar-refractivity contribution in [1.29, 1.82) is 0 Å². The van der Waals surface area contributed by atoms with E-state index < -0.39 is 17.9 Å². The summed E-state index contributed by atoms with van der Waals surface area (Å²) in [6.07, 6.45) is 4.98. The second-order valence-electron chi connectivity index (χ2n) is 5.70. The lowest BCUT2D eigenvalue weighted by atomic mass is 10.2. The normalized spacial score (nSPS) is 15.4. The number of nitrogens with zero attached hydrogens (tertiary/aromatic N) is 1. The number of amides is 2. The summed E-state index contributed by atoms with van der Waals surface area (Å²) in [4.78, 5) is 36.5. The fourth-order valence-electron chi connectivity index (χ4n) is 2.54. The van der Waals surface area contributed by atoms with Crippen LogP contribution in [0.3, 0.4) is 0 Å². The molecule has 2 rings (SSSR count). The number of benzene rings is 1. The van der Waals surface area contributed by atoms with Gasteiger partial charge in [0.1, 0.15) is 11.8 Å². The van der Waals surface area contributed by atoms with Crippen molar-refractivity contribution in [3.63, 3.8) is 0 Å². The zero-order chi connectivity index (χ0) is 18.2. The number of hydrogen-bond donors (Lipinski definition) is 2. The van der Waals surface area contributed by atoms with E-state index in [1.54, 1.807) is 42.2 Å². The molecule has 1 atom stereocenters. The molecule has 2 amide bonds. The highest BCUT2D eigenvalue weighted by Gasteiger charge is 2.22. The van der Waals surface area contributed by atoms with Crippen LogP contribution in [0.25, 0.3) is 0 Å².